The second-order valence-corrected chi connectivity index (χ2v) is 8.35. The molecule has 0 aromatic carbocycles. The smallest absolute Gasteiger partial charge is 0.190 e. The van der Waals surface area contributed by atoms with Gasteiger partial charge in [0.15, 0.2) is 5.16 Å². The van der Waals surface area contributed by atoms with Gasteiger partial charge in [0, 0.05) is 44.1 Å². The molecule has 2 aromatic rings. The zero-order chi connectivity index (χ0) is 16.0. The van der Waals surface area contributed by atoms with E-state index in [1.807, 2.05) is 11.3 Å². The van der Waals surface area contributed by atoms with E-state index in [2.05, 4.69) is 35.1 Å². The van der Waals surface area contributed by atoms with Crippen LogP contribution in [0.5, 0.6) is 0 Å². The SMILES string of the molecule is CSc1nc(N2CCN(C)CC2)c2c3c(sc2n1)CN(C)CC3. The maximum atomic E-state index is 4.92. The zero-order valence-corrected chi connectivity index (χ0v) is 15.6. The minimum Gasteiger partial charge on any atom is -0.353 e. The van der Waals surface area contributed by atoms with E-state index < -0.39 is 0 Å². The Labute approximate surface area is 145 Å². The third kappa shape index (κ3) is 2.84. The Morgan fingerprint density at radius 1 is 1.00 bits per heavy atom. The van der Waals surface area contributed by atoms with E-state index >= 15 is 0 Å². The van der Waals surface area contributed by atoms with Gasteiger partial charge in [0.05, 0.1) is 5.39 Å². The second kappa shape index (κ2) is 6.20. The first-order valence-electron chi connectivity index (χ1n) is 8.14. The van der Waals surface area contributed by atoms with Gasteiger partial charge in [-0.3, -0.25) is 0 Å². The van der Waals surface area contributed by atoms with Gasteiger partial charge < -0.3 is 14.7 Å². The second-order valence-electron chi connectivity index (χ2n) is 6.50. The van der Waals surface area contributed by atoms with E-state index in [4.69, 9.17) is 9.97 Å². The summed E-state index contributed by atoms with van der Waals surface area (Å²) in [6.45, 7) is 6.50. The molecule has 0 radical (unpaired) electrons. The molecule has 0 saturated carbocycles. The molecule has 4 rings (SSSR count). The van der Waals surface area contributed by atoms with E-state index in [-0.39, 0.29) is 0 Å². The van der Waals surface area contributed by atoms with Crippen LogP contribution in [0.4, 0.5) is 5.82 Å². The first kappa shape index (κ1) is 15.6. The third-order valence-corrected chi connectivity index (χ3v) is 6.50. The van der Waals surface area contributed by atoms with E-state index in [9.17, 15) is 0 Å². The maximum absolute atomic E-state index is 4.92. The summed E-state index contributed by atoms with van der Waals surface area (Å²) in [5, 5.41) is 2.24. The number of likely N-dealkylation sites (N-methyl/N-ethyl adjacent to an activating group) is 2. The molecule has 0 aliphatic carbocycles. The van der Waals surface area contributed by atoms with E-state index in [1.165, 1.54) is 26.5 Å². The summed E-state index contributed by atoms with van der Waals surface area (Å²) in [7, 11) is 4.40. The lowest BCUT2D eigenvalue weighted by Crippen LogP contribution is -2.45. The third-order valence-electron chi connectivity index (χ3n) is 4.84. The first-order valence-corrected chi connectivity index (χ1v) is 10.2. The van der Waals surface area contributed by atoms with Gasteiger partial charge in [0.25, 0.3) is 0 Å². The molecule has 5 nitrogen and oxygen atoms in total. The highest BCUT2D eigenvalue weighted by molar-refractivity contribution is 7.98. The average Bonchev–Trinajstić information content (AvgIpc) is 2.91. The summed E-state index contributed by atoms with van der Waals surface area (Å²) in [5.41, 5.74) is 1.50. The van der Waals surface area contributed by atoms with Crippen molar-refractivity contribution >= 4 is 39.1 Å². The van der Waals surface area contributed by atoms with Crippen molar-refractivity contribution < 1.29 is 0 Å². The van der Waals surface area contributed by atoms with Crippen molar-refractivity contribution in [1.82, 2.24) is 19.8 Å². The number of piperazine rings is 1. The molecule has 4 heterocycles. The van der Waals surface area contributed by atoms with Gasteiger partial charge in [-0.05, 0) is 32.3 Å². The van der Waals surface area contributed by atoms with Crippen molar-refractivity contribution in [3.05, 3.63) is 10.4 Å². The number of nitrogens with zero attached hydrogens (tertiary/aromatic N) is 5. The van der Waals surface area contributed by atoms with Crippen LogP contribution in [-0.2, 0) is 13.0 Å². The highest BCUT2D eigenvalue weighted by Crippen LogP contribution is 2.39. The average molecular weight is 350 g/mol. The maximum Gasteiger partial charge on any atom is 0.190 e. The van der Waals surface area contributed by atoms with Crippen LogP contribution in [0.3, 0.4) is 0 Å². The molecule has 0 atom stereocenters. The highest BCUT2D eigenvalue weighted by Gasteiger charge is 2.26. The van der Waals surface area contributed by atoms with Gasteiger partial charge in [-0.15, -0.1) is 11.3 Å². The molecule has 2 aliphatic heterocycles. The summed E-state index contributed by atoms with van der Waals surface area (Å²) in [4.78, 5) is 19.6. The summed E-state index contributed by atoms with van der Waals surface area (Å²) in [5.74, 6) is 1.18. The molecule has 0 bridgehead atoms. The quantitative estimate of drug-likeness (QED) is 0.611. The number of fused-ring (bicyclic) bond motifs is 3. The van der Waals surface area contributed by atoms with Gasteiger partial charge in [-0.25, -0.2) is 9.97 Å². The molecular weight excluding hydrogens is 326 g/mol. The number of aromatic nitrogens is 2. The predicted octanol–water partition coefficient (Wildman–Crippen LogP) is 2.15. The molecule has 1 saturated heterocycles. The lowest BCUT2D eigenvalue weighted by Gasteiger charge is -2.34. The zero-order valence-electron chi connectivity index (χ0n) is 14.0. The molecule has 0 spiro atoms. The number of thiophene rings is 1. The molecule has 0 amide bonds. The van der Waals surface area contributed by atoms with Gasteiger partial charge >= 0.3 is 0 Å². The highest BCUT2D eigenvalue weighted by atomic mass is 32.2. The Bertz CT molecular complexity index is 721. The van der Waals surface area contributed by atoms with Crippen LogP contribution < -0.4 is 4.90 Å². The summed E-state index contributed by atoms with van der Waals surface area (Å²) in [6, 6.07) is 0. The van der Waals surface area contributed by atoms with Crippen molar-refractivity contribution in [2.75, 3.05) is 58.0 Å². The topological polar surface area (TPSA) is 35.5 Å². The molecule has 7 heteroatoms. The van der Waals surface area contributed by atoms with Crippen LogP contribution >= 0.6 is 23.1 Å². The Kier molecular flexibility index (Phi) is 4.21. The van der Waals surface area contributed by atoms with Crippen molar-refractivity contribution in [3.63, 3.8) is 0 Å². The summed E-state index contributed by atoms with van der Waals surface area (Å²) >= 11 is 3.51. The van der Waals surface area contributed by atoms with E-state index in [0.29, 0.717) is 0 Å². The molecule has 2 aromatic heterocycles. The standard InChI is InChI=1S/C16H23N5S2/c1-19-6-8-21(9-7-19)14-13-11-4-5-20(2)10-12(11)23-15(13)18-16(17-14)22-3/h4-10H2,1-3H3. The first-order chi connectivity index (χ1) is 11.2. The Morgan fingerprint density at radius 2 is 1.78 bits per heavy atom. The molecule has 124 valence electrons. The Hall–Kier alpha value is -0.890. The van der Waals surface area contributed by atoms with E-state index in [0.717, 1.165) is 50.8 Å². The molecule has 1 fully saturated rings. The monoisotopic (exact) mass is 349 g/mol. The van der Waals surface area contributed by atoms with Gasteiger partial charge in [0.2, 0.25) is 0 Å². The van der Waals surface area contributed by atoms with Crippen LogP contribution in [0.15, 0.2) is 5.16 Å². The Morgan fingerprint density at radius 3 is 2.52 bits per heavy atom. The van der Waals surface area contributed by atoms with Crippen molar-refractivity contribution in [2.24, 2.45) is 0 Å². The largest absolute Gasteiger partial charge is 0.353 e. The summed E-state index contributed by atoms with van der Waals surface area (Å²) in [6.07, 6.45) is 3.19. The molecule has 23 heavy (non-hydrogen) atoms. The number of thioether (sulfide) groups is 1. The van der Waals surface area contributed by atoms with Gasteiger partial charge in [-0.2, -0.15) is 0 Å². The van der Waals surface area contributed by atoms with Crippen LogP contribution in [0.25, 0.3) is 10.2 Å². The van der Waals surface area contributed by atoms with Crippen LogP contribution in [-0.4, -0.2) is 72.8 Å². The van der Waals surface area contributed by atoms with Crippen molar-refractivity contribution in [3.8, 4) is 0 Å². The minimum absolute atomic E-state index is 0.901. The van der Waals surface area contributed by atoms with Gasteiger partial charge in [-0.1, -0.05) is 11.8 Å². The lowest BCUT2D eigenvalue weighted by molar-refractivity contribution is 0.312. The van der Waals surface area contributed by atoms with E-state index in [1.54, 1.807) is 11.8 Å². The molecule has 0 unspecified atom stereocenters. The van der Waals surface area contributed by atoms with Crippen molar-refractivity contribution in [1.29, 1.82) is 0 Å². The number of hydrogen-bond donors (Lipinski definition) is 0. The fourth-order valence-electron chi connectivity index (χ4n) is 3.42. The number of rotatable bonds is 2. The fraction of sp³-hybridized carbons (Fsp3) is 0.625. The minimum atomic E-state index is 0.901. The van der Waals surface area contributed by atoms with Crippen LogP contribution in [0, 0.1) is 0 Å². The molecule has 0 N–H and O–H groups in total. The molecular formula is C16H23N5S2. The normalized spacial score (nSPS) is 20.2. The van der Waals surface area contributed by atoms with Crippen molar-refractivity contribution in [2.45, 2.75) is 18.1 Å². The van der Waals surface area contributed by atoms with Gasteiger partial charge in [0.1, 0.15) is 10.6 Å². The Balaban J connectivity index is 1.84. The fourth-order valence-corrected chi connectivity index (χ4v) is 5.14. The lowest BCUT2D eigenvalue weighted by atomic mass is 10.0. The van der Waals surface area contributed by atoms with Crippen LogP contribution in [0.1, 0.15) is 10.4 Å². The number of anilines is 1. The number of hydrogen-bond acceptors (Lipinski definition) is 7. The molecule has 2 aliphatic rings. The summed E-state index contributed by atoms with van der Waals surface area (Å²) < 4.78 is 0. The van der Waals surface area contributed by atoms with Crippen LogP contribution in [0.2, 0.25) is 0 Å². The predicted molar refractivity (Wildman–Crippen MR) is 98.9 cm³/mol.